The summed E-state index contributed by atoms with van der Waals surface area (Å²) in [6.07, 6.45) is 3.10. The number of hydrogen-bond acceptors (Lipinski definition) is 5. The fourth-order valence-corrected chi connectivity index (χ4v) is 5.76. The molecule has 1 amide bonds. The number of thioether (sulfide) groups is 1. The molecule has 1 rings (SSSR count). The molecule has 3 atom stereocenters. The largest absolute Gasteiger partial charge is 0.444 e. The highest BCUT2D eigenvalue weighted by atomic mass is 32.2. The van der Waals surface area contributed by atoms with Gasteiger partial charge in [-0.1, -0.05) is 66.7 Å². The standard InChI is InChI=1S/C35H65B2NO4S/c1-23(40-30(3,4)5)28(38-29(39)41-31(6,7)8)21-26-19-18-25(22-32(9,10)33(11,12)24(2)43-17)20-27(26)37-42-35(15,16)34(13,14)36/h18-20,23-24,28,37H,21-22,36H2,1-17H3,(H,38,39). The van der Waals surface area contributed by atoms with Gasteiger partial charge in [0.05, 0.1) is 17.7 Å². The van der Waals surface area contributed by atoms with Gasteiger partial charge in [-0.25, -0.2) is 4.79 Å². The Kier molecular flexibility index (Phi) is 13.5. The number of amides is 1. The van der Waals surface area contributed by atoms with Gasteiger partial charge in [0.2, 0.25) is 0 Å². The quantitative estimate of drug-likeness (QED) is 0.223. The zero-order valence-corrected chi connectivity index (χ0v) is 31.9. The lowest BCUT2D eigenvalue weighted by Gasteiger charge is -2.46. The highest BCUT2D eigenvalue weighted by molar-refractivity contribution is 7.99. The molecule has 0 aliphatic carbocycles. The van der Waals surface area contributed by atoms with Crippen molar-refractivity contribution >= 4 is 38.6 Å². The van der Waals surface area contributed by atoms with E-state index in [4.69, 9.17) is 14.1 Å². The van der Waals surface area contributed by atoms with Crippen LogP contribution in [-0.4, -0.2) is 61.9 Å². The fourth-order valence-electron chi connectivity index (χ4n) is 4.85. The van der Waals surface area contributed by atoms with Crippen LogP contribution in [-0.2, 0) is 27.0 Å². The molecule has 1 aromatic rings. The first kappa shape index (κ1) is 39.9. The number of hydrogen-bond donors (Lipinski definition) is 1. The minimum atomic E-state index is -0.587. The van der Waals surface area contributed by atoms with E-state index in [1.807, 2.05) is 60.2 Å². The molecule has 1 aromatic carbocycles. The van der Waals surface area contributed by atoms with Gasteiger partial charge >= 0.3 is 13.6 Å². The van der Waals surface area contributed by atoms with E-state index in [2.05, 4.69) is 99.9 Å². The molecule has 0 aromatic heterocycles. The number of benzene rings is 1. The van der Waals surface area contributed by atoms with E-state index < -0.39 is 11.7 Å². The first-order valence-electron chi connectivity index (χ1n) is 16.1. The third-order valence-electron chi connectivity index (χ3n) is 9.67. The highest BCUT2D eigenvalue weighted by Crippen LogP contribution is 2.47. The SMILES string of the molecule is BC(C)(C)C(C)(C)OBc1cc(CC(C)(C)C(C)(C)C(C)SC)ccc1CC(NC(=O)OC(C)(C)C)C(C)OC(C)(C)C. The van der Waals surface area contributed by atoms with Gasteiger partial charge in [-0.3, -0.25) is 0 Å². The van der Waals surface area contributed by atoms with E-state index in [1.165, 1.54) is 5.56 Å². The van der Waals surface area contributed by atoms with Gasteiger partial charge in [0, 0.05) is 10.9 Å². The van der Waals surface area contributed by atoms with Gasteiger partial charge in [-0.2, -0.15) is 11.8 Å². The lowest BCUT2D eigenvalue weighted by Crippen LogP contribution is -2.49. The molecule has 0 radical (unpaired) electrons. The van der Waals surface area contributed by atoms with Crippen LogP contribution in [0.5, 0.6) is 0 Å². The van der Waals surface area contributed by atoms with Crippen molar-refractivity contribution in [2.45, 2.75) is 163 Å². The second-order valence-electron chi connectivity index (χ2n) is 17.2. The van der Waals surface area contributed by atoms with Crippen LogP contribution in [0.4, 0.5) is 4.79 Å². The Morgan fingerprint density at radius 3 is 1.95 bits per heavy atom. The van der Waals surface area contributed by atoms with E-state index in [-0.39, 0.29) is 39.5 Å². The Morgan fingerprint density at radius 1 is 0.930 bits per heavy atom. The summed E-state index contributed by atoms with van der Waals surface area (Å²) in [6, 6.07) is 6.53. The Labute approximate surface area is 271 Å². The molecule has 0 spiro atoms. The topological polar surface area (TPSA) is 56.8 Å². The van der Waals surface area contributed by atoms with Crippen molar-refractivity contribution in [1.29, 1.82) is 0 Å². The summed E-state index contributed by atoms with van der Waals surface area (Å²) < 4.78 is 18.7. The third kappa shape index (κ3) is 12.3. The van der Waals surface area contributed by atoms with Crippen molar-refractivity contribution in [3.8, 4) is 0 Å². The van der Waals surface area contributed by atoms with Gasteiger partial charge in [0.1, 0.15) is 13.4 Å². The average Bonchev–Trinajstić information content (AvgIpc) is 2.79. The summed E-state index contributed by atoms with van der Waals surface area (Å²) in [7, 11) is 2.71. The number of nitrogens with one attached hydrogen (secondary N) is 1. The van der Waals surface area contributed by atoms with Crippen LogP contribution in [0.15, 0.2) is 18.2 Å². The Balaban J connectivity index is 3.56. The van der Waals surface area contributed by atoms with Crippen LogP contribution in [0.2, 0.25) is 5.31 Å². The van der Waals surface area contributed by atoms with Crippen molar-refractivity contribution < 1.29 is 18.9 Å². The van der Waals surface area contributed by atoms with Gasteiger partial charge < -0.3 is 19.4 Å². The second-order valence-corrected chi connectivity index (χ2v) is 18.4. The summed E-state index contributed by atoms with van der Waals surface area (Å²) in [5, 5.41) is 3.63. The maximum absolute atomic E-state index is 13.0. The van der Waals surface area contributed by atoms with Crippen molar-refractivity contribution in [3.63, 3.8) is 0 Å². The van der Waals surface area contributed by atoms with Crippen LogP contribution >= 0.6 is 11.8 Å². The first-order valence-corrected chi connectivity index (χ1v) is 17.4. The average molecular weight is 618 g/mol. The Bertz CT molecular complexity index is 1050. The monoisotopic (exact) mass is 617 g/mol. The minimum Gasteiger partial charge on any atom is -0.444 e. The van der Waals surface area contributed by atoms with Crippen molar-refractivity contribution in [2.75, 3.05) is 6.26 Å². The zero-order chi connectivity index (χ0) is 33.8. The van der Waals surface area contributed by atoms with Gasteiger partial charge in [-0.05, 0) is 114 Å². The molecular weight excluding hydrogens is 552 g/mol. The Hall–Kier alpha value is -1.11. The molecule has 3 unspecified atom stereocenters. The van der Waals surface area contributed by atoms with E-state index >= 15 is 0 Å². The molecule has 0 heterocycles. The molecule has 0 fully saturated rings. The summed E-state index contributed by atoms with van der Waals surface area (Å²) >= 11 is 1.93. The molecular formula is C35H65B2NO4S. The lowest BCUT2D eigenvalue weighted by atomic mass is 9.61. The molecule has 246 valence electrons. The number of alkyl carbamates (subject to hydrolysis) is 1. The third-order valence-corrected chi connectivity index (χ3v) is 11.0. The number of rotatable bonds is 14. The molecule has 0 saturated carbocycles. The van der Waals surface area contributed by atoms with Gasteiger partial charge in [0.15, 0.2) is 0 Å². The molecule has 0 aliphatic rings. The molecule has 0 bridgehead atoms. The first-order chi connectivity index (χ1) is 19.1. The van der Waals surface area contributed by atoms with Gasteiger partial charge in [0.25, 0.3) is 0 Å². The van der Waals surface area contributed by atoms with E-state index in [0.717, 1.165) is 17.4 Å². The molecule has 8 heteroatoms. The molecule has 1 N–H and O–H groups in total. The smallest absolute Gasteiger partial charge is 0.407 e. The van der Waals surface area contributed by atoms with Crippen LogP contribution in [0.1, 0.15) is 122 Å². The lowest BCUT2D eigenvalue weighted by molar-refractivity contribution is -0.0669. The molecule has 0 saturated heterocycles. The summed E-state index contributed by atoms with van der Waals surface area (Å²) in [5.74, 6) is 0. The predicted molar refractivity (Wildman–Crippen MR) is 192 cm³/mol. The summed E-state index contributed by atoms with van der Waals surface area (Å²) in [6.45, 7) is 34.4. The van der Waals surface area contributed by atoms with E-state index in [1.54, 1.807) is 0 Å². The fraction of sp³-hybridized carbons (Fsp3) is 0.800. The summed E-state index contributed by atoms with van der Waals surface area (Å²) in [5.41, 5.74) is 2.55. The maximum Gasteiger partial charge on any atom is 0.407 e. The molecule has 0 aliphatic heterocycles. The predicted octanol–water partition coefficient (Wildman–Crippen LogP) is 7.28. The number of carbonyl (C=O) groups excluding carboxylic acids is 1. The maximum atomic E-state index is 13.0. The van der Waals surface area contributed by atoms with Crippen LogP contribution in [0.3, 0.4) is 0 Å². The van der Waals surface area contributed by atoms with Crippen molar-refractivity contribution in [1.82, 2.24) is 5.32 Å². The highest BCUT2D eigenvalue weighted by Gasteiger charge is 2.41. The van der Waals surface area contributed by atoms with Gasteiger partial charge in [-0.15, -0.1) is 0 Å². The number of carbonyl (C=O) groups is 1. The Morgan fingerprint density at radius 2 is 1.49 bits per heavy atom. The van der Waals surface area contributed by atoms with Crippen LogP contribution < -0.4 is 10.8 Å². The zero-order valence-electron chi connectivity index (χ0n) is 31.1. The van der Waals surface area contributed by atoms with Crippen molar-refractivity contribution in [2.24, 2.45) is 10.8 Å². The van der Waals surface area contributed by atoms with Crippen LogP contribution in [0.25, 0.3) is 0 Å². The second kappa shape index (κ2) is 14.5. The summed E-state index contributed by atoms with van der Waals surface area (Å²) in [4.78, 5) is 13.0. The van der Waals surface area contributed by atoms with Crippen LogP contribution in [0, 0.1) is 10.8 Å². The normalized spacial score (nSPS) is 15.9. The van der Waals surface area contributed by atoms with E-state index in [0.29, 0.717) is 19.2 Å². The molecule has 43 heavy (non-hydrogen) atoms. The number of ether oxygens (including phenoxy) is 2. The van der Waals surface area contributed by atoms with Crippen molar-refractivity contribution in [3.05, 3.63) is 29.3 Å². The minimum absolute atomic E-state index is 0.0272. The van der Waals surface area contributed by atoms with E-state index in [9.17, 15) is 4.79 Å². The molecule has 5 nitrogen and oxygen atoms in total.